The molecule has 1 heterocycles. The fourth-order valence-electron chi connectivity index (χ4n) is 3.28. The van der Waals surface area contributed by atoms with Crippen molar-refractivity contribution in [3.63, 3.8) is 0 Å². The molecule has 2 aromatic rings. The summed E-state index contributed by atoms with van der Waals surface area (Å²) in [6.45, 7) is 1.63. The summed E-state index contributed by atoms with van der Waals surface area (Å²) in [5.41, 5.74) is 1.67. The van der Waals surface area contributed by atoms with Gasteiger partial charge in [-0.05, 0) is 44.0 Å². The van der Waals surface area contributed by atoms with Crippen molar-refractivity contribution in [3.8, 4) is 0 Å². The quantitative estimate of drug-likeness (QED) is 0.768. The molecule has 3 amide bonds. The van der Waals surface area contributed by atoms with Crippen molar-refractivity contribution in [2.24, 2.45) is 0 Å². The molecular formula is C21H25N3O4. The number of anilines is 1. The summed E-state index contributed by atoms with van der Waals surface area (Å²) in [5, 5.41) is 5.53. The second kappa shape index (κ2) is 9.21. The van der Waals surface area contributed by atoms with Crippen LogP contribution in [0.4, 0.5) is 5.69 Å². The van der Waals surface area contributed by atoms with Crippen LogP contribution in [-0.2, 0) is 9.59 Å². The highest BCUT2D eigenvalue weighted by molar-refractivity contribution is 6.02. The number of hydrogen-bond acceptors (Lipinski definition) is 4. The summed E-state index contributed by atoms with van der Waals surface area (Å²) >= 11 is 0. The summed E-state index contributed by atoms with van der Waals surface area (Å²) in [6, 6.07) is 10.7. The lowest BCUT2D eigenvalue weighted by molar-refractivity contribution is -0.123. The molecule has 3 rings (SSSR count). The average Bonchev–Trinajstić information content (AvgIpc) is 3.39. The number of nitrogens with one attached hydrogen (secondary N) is 2. The summed E-state index contributed by atoms with van der Waals surface area (Å²) in [4.78, 5) is 38.7. The molecule has 0 unspecified atom stereocenters. The molecule has 0 radical (unpaired) electrons. The van der Waals surface area contributed by atoms with E-state index in [4.69, 9.17) is 4.42 Å². The molecule has 1 aliphatic rings. The van der Waals surface area contributed by atoms with E-state index >= 15 is 0 Å². The lowest BCUT2D eigenvalue weighted by atomic mass is 10.2. The van der Waals surface area contributed by atoms with Crippen LogP contribution in [-0.4, -0.2) is 36.9 Å². The molecule has 1 aromatic carbocycles. The molecule has 148 valence electrons. The fraction of sp³-hybridized carbons (Fsp3) is 0.381. The predicted molar refractivity (Wildman–Crippen MR) is 105 cm³/mol. The maximum absolute atomic E-state index is 12.8. The number of furan rings is 1. The summed E-state index contributed by atoms with van der Waals surface area (Å²) < 4.78 is 5.02. The van der Waals surface area contributed by atoms with Gasteiger partial charge >= 0.3 is 0 Å². The van der Waals surface area contributed by atoms with E-state index in [9.17, 15) is 14.4 Å². The highest BCUT2D eigenvalue weighted by atomic mass is 16.3. The Hall–Kier alpha value is -3.09. The molecule has 1 fully saturated rings. The predicted octanol–water partition coefficient (Wildman–Crippen LogP) is 2.41. The molecule has 1 aliphatic carbocycles. The third kappa shape index (κ3) is 5.22. The van der Waals surface area contributed by atoms with Crippen LogP contribution < -0.4 is 15.5 Å². The van der Waals surface area contributed by atoms with E-state index < -0.39 is 5.91 Å². The third-order valence-corrected chi connectivity index (χ3v) is 4.81. The number of rotatable bonds is 7. The third-order valence-electron chi connectivity index (χ3n) is 4.81. The van der Waals surface area contributed by atoms with Crippen LogP contribution in [0.25, 0.3) is 0 Å². The van der Waals surface area contributed by atoms with Gasteiger partial charge in [0.1, 0.15) is 6.54 Å². The van der Waals surface area contributed by atoms with E-state index in [0.717, 1.165) is 31.2 Å². The van der Waals surface area contributed by atoms with Crippen molar-refractivity contribution in [3.05, 3.63) is 54.0 Å². The monoisotopic (exact) mass is 383 g/mol. The average molecular weight is 383 g/mol. The van der Waals surface area contributed by atoms with Crippen molar-refractivity contribution < 1.29 is 18.8 Å². The van der Waals surface area contributed by atoms with Gasteiger partial charge in [-0.25, -0.2) is 0 Å². The Kier molecular flexibility index (Phi) is 6.47. The molecule has 0 aliphatic heterocycles. The van der Waals surface area contributed by atoms with E-state index in [1.807, 2.05) is 19.1 Å². The minimum absolute atomic E-state index is 0.0883. The number of nitrogens with zero attached hydrogens (tertiary/aromatic N) is 1. The van der Waals surface area contributed by atoms with Crippen molar-refractivity contribution in [1.82, 2.24) is 10.6 Å². The minimum Gasteiger partial charge on any atom is -0.459 e. The van der Waals surface area contributed by atoms with Crippen molar-refractivity contribution in [2.75, 3.05) is 18.0 Å². The molecule has 7 heteroatoms. The molecule has 28 heavy (non-hydrogen) atoms. The topological polar surface area (TPSA) is 91.7 Å². The van der Waals surface area contributed by atoms with Crippen LogP contribution in [0.3, 0.4) is 0 Å². The number of hydrogen-bond donors (Lipinski definition) is 2. The van der Waals surface area contributed by atoms with Gasteiger partial charge in [-0.2, -0.15) is 0 Å². The maximum atomic E-state index is 12.8. The molecule has 0 saturated heterocycles. The summed E-state index contributed by atoms with van der Waals surface area (Å²) in [6.07, 6.45) is 5.57. The second-order valence-corrected chi connectivity index (χ2v) is 7.02. The van der Waals surface area contributed by atoms with Crippen molar-refractivity contribution >= 4 is 23.4 Å². The molecule has 0 spiro atoms. The smallest absolute Gasteiger partial charge is 0.287 e. The number of carbonyl (C=O) groups excluding carboxylic acids is 3. The molecule has 0 bridgehead atoms. The van der Waals surface area contributed by atoms with Crippen LogP contribution in [0.15, 0.2) is 47.1 Å². The summed E-state index contributed by atoms with van der Waals surface area (Å²) in [7, 11) is 0. The zero-order chi connectivity index (χ0) is 19.9. The Balaban J connectivity index is 1.65. The molecule has 0 atom stereocenters. The van der Waals surface area contributed by atoms with Crippen LogP contribution >= 0.6 is 0 Å². The minimum atomic E-state index is -0.474. The molecule has 1 aromatic heterocycles. The van der Waals surface area contributed by atoms with E-state index in [-0.39, 0.29) is 36.7 Å². The number of amides is 3. The number of carbonyl (C=O) groups is 3. The first kappa shape index (κ1) is 19.7. The van der Waals surface area contributed by atoms with Crippen LogP contribution in [0.2, 0.25) is 0 Å². The lowest BCUT2D eigenvalue weighted by Crippen LogP contribution is -2.47. The highest BCUT2D eigenvalue weighted by Crippen LogP contribution is 2.18. The van der Waals surface area contributed by atoms with Gasteiger partial charge in [-0.1, -0.05) is 30.5 Å². The van der Waals surface area contributed by atoms with Gasteiger partial charge in [-0.15, -0.1) is 0 Å². The van der Waals surface area contributed by atoms with Gasteiger partial charge in [0.05, 0.1) is 12.8 Å². The standard InChI is InChI=1S/C21H25N3O4/c1-15-8-10-17(11-9-15)24(14-19(25)23-16-5-2-3-6-16)20(26)13-22-21(27)18-7-4-12-28-18/h4,7-12,16H,2-3,5-6,13-14H2,1H3,(H,22,27)(H,23,25). The zero-order valence-corrected chi connectivity index (χ0v) is 15.9. The first-order valence-corrected chi connectivity index (χ1v) is 9.51. The van der Waals surface area contributed by atoms with Crippen LogP contribution in [0.1, 0.15) is 41.8 Å². The summed E-state index contributed by atoms with van der Waals surface area (Å²) in [5.74, 6) is -0.908. The van der Waals surface area contributed by atoms with Crippen molar-refractivity contribution in [1.29, 1.82) is 0 Å². The molecule has 2 N–H and O–H groups in total. The second-order valence-electron chi connectivity index (χ2n) is 7.02. The lowest BCUT2D eigenvalue weighted by Gasteiger charge is -2.24. The fourth-order valence-corrected chi connectivity index (χ4v) is 3.28. The normalized spacial score (nSPS) is 13.9. The van der Waals surface area contributed by atoms with Crippen molar-refractivity contribution in [2.45, 2.75) is 38.6 Å². The van der Waals surface area contributed by atoms with Crippen LogP contribution in [0, 0.1) is 6.92 Å². The van der Waals surface area contributed by atoms with E-state index in [1.54, 1.807) is 18.2 Å². The van der Waals surface area contributed by atoms with E-state index in [2.05, 4.69) is 10.6 Å². The first-order chi connectivity index (χ1) is 13.5. The SMILES string of the molecule is Cc1ccc(N(CC(=O)NC2CCCC2)C(=O)CNC(=O)c2ccco2)cc1. The first-order valence-electron chi connectivity index (χ1n) is 9.51. The van der Waals surface area contributed by atoms with E-state index in [0.29, 0.717) is 5.69 Å². The number of benzene rings is 1. The number of aryl methyl sites for hydroxylation is 1. The Morgan fingerprint density at radius 3 is 2.46 bits per heavy atom. The zero-order valence-electron chi connectivity index (χ0n) is 15.9. The highest BCUT2D eigenvalue weighted by Gasteiger charge is 2.23. The van der Waals surface area contributed by atoms with Gasteiger partial charge in [0.2, 0.25) is 11.8 Å². The van der Waals surface area contributed by atoms with Gasteiger partial charge in [0, 0.05) is 11.7 Å². The Labute approximate surface area is 164 Å². The molecule has 1 saturated carbocycles. The van der Waals surface area contributed by atoms with Gasteiger partial charge in [-0.3, -0.25) is 14.4 Å². The molecular weight excluding hydrogens is 358 g/mol. The largest absolute Gasteiger partial charge is 0.459 e. The van der Waals surface area contributed by atoms with Gasteiger partial charge in [0.15, 0.2) is 5.76 Å². The molecule has 7 nitrogen and oxygen atoms in total. The van der Waals surface area contributed by atoms with E-state index in [1.165, 1.54) is 17.2 Å². The van der Waals surface area contributed by atoms with Gasteiger partial charge in [0.25, 0.3) is 5.91 Å². The Morgan fingerprint density at radius 1 is 1.11 bits per heavy atom. The Morgan fingerprint density at radius 2 is 1.82 bits per heavy atom. The Bertz CT molecular complexity index is 809. The van der Waals surface area contributed by atoms with Crippen LogP contribution in [0.5, 0.6) is 0 Å². The maximum Gasteiger partial charge on any atom is 0.287 e. The van der Waals surface area contributed by atoms with Gasteiger partial charge < -0.3 is 20.0 Å².